The highest BCUT2D eigenvalue weighted by Gasteiger charge is 2.56. The van der Waals surface area contributed by atoms with Gasteiger partial charge >= 0.3 is 11.9 Å². The van der Waals surface area contributed by atoms with Gasteiger partial charge in [-0.05, 0) is 253 Å². The third-order valence-electron chi connectivity index (χ3n) is 29.9. The molecular weight excluding hydrogens is 1820 g/mol. The number of rotatable bonds is 18. The summed E-state index contributed by atoms with van der Waals surface area (Å²) in [6.45, 7) is 24.7. The van der Waals surface area contributed by atoms with Gasteiger partial charge in [-0.2, -0.15) is 0 Å². The van der Waals surface area contributed by atoms with Gasteiger partial charge in [-0.15, -0.1) is 0 Å². The zero-order valence-corrected chi connectivity index (χ0v) is 86.8. The number of aliphatic hydroxyl groups excluding tert-OH is 6. The van der Waals surface area contributed by atoms with E-state index in [-0.39, 0.29) is 123 Å². The van der Waals surface area contributed by atoms with Crippen molar-refractivity contribution in [1.82, 2.24) is 19.2 Å². The number of Topliss-reactive ketones (excluding diaryl/α,β-unsaturated/α-hetero) is 4. The van der Waals surface area contributed by atoms with Crippen molar-refractivity contribution in [3.05, 3.63) is 95.2 Å². The number of cyclic esters (lactones) is 2. The van der Waals surface area contributed by atoms with Crippen LogP contribution in [0.4, 0.5) is 0 Å². The molecule has 0 aromatic rings. The maximum Gasteiger partial charge on any atom is 0.329 e. The fourth-order valence-corrected chi connectivity index (χ4v) is 23.3. The number of nitrogens with zero attached hydrogens (tertiary/aromatic N) is 2. The molecule has 138 heavy (non-hydrogen) atoms. The van der Waals surface area contributed by atoms with E-state index in [4.69, 9.17) is 37.9 Å². The van der Waals surface area contributed by atoms with Gasteiger partial charge in [0.15, 0.2) is 11.6 Å². The Morgan fingerprint density at radius 3 is 1.14 bits per heavy atom. The molecule has 8 aliphatic rings. The van der Waals surface area contributed by atoms with E-state index in [2.05, 4.69) is 9.44 Å². The van der Waals surface area contributed by atoms with Crippen LogP contribution in [0.15, 0.2) is 95.2 Å². The molecule has 6 fully saturated rings. The normalized spacial score (nSPS) is 39.0. The number of esters is 2. The largest absolute Gasteiger partial charge is 0.461 e. The quantitative estimate of drug-likeness (QED) is 0.0346. The van der Waals surface area contributed by atoms with Crippen LogP contribution in [0.1, 0.15) is 264 Å². The topological polar surface area (TPSA) is 471 Å². The number of sulfonamides is 2. The summed E-state index contributed by atoms with van der Waals surface area (Å²) in [6, 6.07) is -3.96. The Kier molecular flexibility index (Phi) is 48.4. The molecule has 0 radical (unpaired) electrons. The molecular formula is C104H168N4O28S2. The van der Waals surface area contributed by atoms with E-state index < -0.39 is 201 Å². The van der Waals surface area contributed by atoms with Crippen LogP contribution in [0.5, 0.6) is 0 Å². The number of carbonyl (C=O) groups excluding carboxylic acids is 8. The number of fused-ring (bicyclic) bond motifs is 6. The molecule has 32 nitrogen and oxygen atoms in total. The molecule has 0 aromatic heterocycles. The lowest BCUT2D eigenvalue weighted by Crippen LogP contribution is -2.61. The minimum Gasteiger partial charge on any atom is -0.461 e. The first-order chi connectivity index (χ1) is 65.1. The molecule has 0 spiro atoms. The summed E-state index contributed by atoms with van der Waals surface area (Å²) in [4.78, 5) is 116. The molecule has 6 heterocycles. The molecule has 8 rings (SSSR count). The molecule has 784 valence electrons. The van der Waals surface area contributed by atoms with Crippen LogP contribution in [-0.4, -0.2) is 290 Å². The van der Waals surface area contributed by atoms with Crippen LogP contribution in [0.25, 0.3) is 0 Å². The summed E-state index contributed by atoms with van der Waals surface area (Å²) in [5.41, 5.74) is 2.30. The number of nitrogens with one attached hydrogen (secondary N) is 2. The molecule has 34 heteroatoms. The van der Waals surface area contributed by atoms with Crippen LogP contribution in [-0.2, 0) is 96.3 Å². The van der Waals surface area contributed by atoms with Gasteiger partial charge in [0.1, 0.15) is 48.7 Å². The monoisotopic (exact) mass is 1990 g/mol. The van der Waals surface area contributed by atoms with E-state index in [1.165, 1.54) is 24.0 Å². The minimum atomic E-state index is -3.98. The Morgan fingerprint density at radius 1 is 0.435 bits per heavy atom. The summed E-state index contributed by atoms with van der Waals surface area (Å²) >= 11 is 0. The first-order valence-electron chi connectivity index (χ1n) is 50.5. The maximum atomic E-state index is 14.4. The van der Waals surface area contributed by atoms with Gasteiger partial charge in [0.2, 0.25) is 31.6 Å². The van der Waals surface area contributed by atoms with E-state index in [9.17, 15) is 96.0 Å². The number of allylic oxidation sites excluding steroid dienone is 12. The minimum absolute atomic E-state index is 0.00719. The van der Waals surface area contributed by atoms with Crippen molar-refractivity contribution < 1.29 is 134 Å². The van der Waals surface area contributed by atoms with Crippen LogP contribution in [0, 0.1) is 71.0 Å². The molecule has 4 saturated heterocycles. The standard InChI is InChI=1S/2C52H84N2O14S/c2*1-32-15-11-10-12-16-34(3)41(53-69(63,64)26-25-55)31-40-21-19-38(7)52(62,68-40)49(59)50(60)54-24-14-13-17-42(54)51(61)67-44(35(4)29-39-20-22-43(56)45(30-39)65-8)23-18-33(2)28-37(6)47(58)48(66-9)46(57)36(5)27-32/h2*10-12,15-16,28,32-33,35-36,38-45,47-48,53,55-56,58,62H,13-14,17-27,29-31H2,1-9H3/b2*12-10+,15-11+,34-16+,37-28+/t32-,33+,35-,36-,38-,39+,40+,41+,42+,43-,44+,45-,47-,48+,52-;32-,33+,35-,36-,38-,39+,40+,41-,42+,43-,44+,45-,47-,48+,52-/m11/s1. The van der Waals surface area contributed by atoms with Gasteiger partial charge in [0, 0.05) is 77.3 Å². The SMILES string of the molecule is CO[C@@H]1C[C@H](C[C@@H](C)[C@@H]2CC[C@H](C)/C=C(\C)[C@@H](O)[C@@H](OC)C(=O)[C@H](C)C[C@H](C)/C=C/C=C/C=C(\C)[C@@H](NS(=O)(=O)CCO)C[C@@H]3CC[C@@H](C)[C@@](O)(O3)C(=O)C(=O)N3CCCC[C@H]3C(=O)O2)CC[C@H]1O.CO[C@@H]1C[C@H](C[C@@H](C)[C@@H]2CC[C@H](C)/C=C(\C)[C@@H](O)[C@@H](OC)C(=O)[C@H](C)C[C@H](C)/C=C/C=C/C=C(\C)[C@H](NS(=O)(=O)CCO)C[C@@H]3CC[C@@H](C)[C@@](O)(O3)C(=O)C(=O)N3CCCC[C@H]3C(=O)O2)CC[C@H]1O. The van der Waals surface area contributed by atoms with Gasteiger partial charge in [0.05, 0.1) is 61.3 Å². The Balaban J connectivity index is 0.000000376. The van der Waals surface area contributed by atoms with Gasteiger partial charge in [-0.25, -0.2) is 35.9 Å². The maximum absolute atomic E-state index is 14.4. The Bertz CT molecular complexity index is 4180. The summed E-state index contributed by atoms with van der Waals surface area (Å²) in [6.07, 6.45) is 24.8. The third kappa shape index (κ3) is 34.5. The van der Waals surface area contributed by atoms with Crippen molar-refractivity contribution in [3.8, 4) is 0 Å². The molecule has 10 N–H and O–H groups in total. The Morgan fingerprint density at radius 2 is 0.797 bits per heavy atom. The summed E-state index contributed by atoms with van der Waals surface area (Å²) in [5, 5.41) is 87.1. The molecule has 2 saturated carbocycles. The third-order valence-corrected chi connectivity index (χ3v) is 32.7. The van der Waals surface area contributed by atoms with E-state index >= 15 is 0 Å². The van der Waals surface area contributed by atoms with Crippen LogP contribution >= 0.6 is 0 Å². The number of methoxy groups -OCH3 is 4. The number of aliphatic hydroxyl groups is 8. The van der Waals surface area contributed by atoms with Crippen LogP contribution in [0.2, 0.25) is 0 Å². The fourth-order valence-electron chi connectivity index (χ4n) is 21.2. The second-order valence-electron chi connectivity index (χ2n) is 41.3. The zero-order chi connectivity index (χ0) is 102. The predicted molar refractivity (Wildman–Crippen MR) is 523 cm³/mol. The highest BCUT2D eigenvalue weighted by Crippen LogP contribution is 2.42. The second kappa shape index (κ2) is 56.3. The van der Waals surface area contributed by atoms with Crippen molar-refractivity contribution in [2.45, 2.75) is 373 Å². The summed E-state index contributed by atoms with van der Waals surface area (Å²) in [5.74, 6) is -15.2. The highest BCUT2D eigenvalue weighted by molar-refractivity contribution is 7.89. The fraction of sp³-hybridized carbons (Fsp3) is 0.769. The van der Waals surface area contributed by atoms with Crippen LogP contribution in [0.3, 0.4) is 0 Å². The van der Waals surface area contributed by atoms with E-state index in [1.54, 1.807) is 92.2 Å². The van der Waals surface area contributed by atoms with Crippen molar-refractivity contribution >= 4 is 66.9 Å². The number of hydrogen-bond acceptors (Lipinski definition) is 28. The van der Waals surface area contributed by atoms with E-state index in [0.29, 0.717) is 138 Å². The molecule has 30 atom stereocenters. The lowest BCUT2D eigenvalue weighted by molar-refractivity contribution is -0.264. The summed E-state index contributed by atoms with van der Waals surface area (Å²) < 4.78 is 105. The lowest BCUT2D eigenvalue weighted by Gasteiger charge is -2.43. The highest BCUT2D eigenvalue weighted by atomic mass is 32.2. The number of ether oxygens (including phenoxy) is 8. The van der Waals surface area contributed by atoms with E-state index in [0.717, 1.165) is 12.8 Å². The zero-order valence-electron chi connectivity index (χ0n) is 85.2. The molecule has 6 aliphatic heterocycles. The van der Waals surface area contributed by atoms with Gasteiger partial charge in [-0.1, -0.05) is 153 Å². The van der Waals surface area contributed by atoms with Crippen molar-refractivity contribution in [2.24, 2.45) is 71.0 Å². The van der Waals surface area contributed by atoms with Crippen molar-refractivity contribution in [2.75, 3.05) is 66.2 Å². The lowest BCUT2D eigenvalue weighted by atomic mass is 9.78. The number of piperidine rings is 2. The van der Waals surface area contributed by atoms with Gasteiger partial charge < -0.3 is 88.5 Å². The first-order valence-corrected chi connectivity index (χ1v) is 53.9. The number of ketones is 4. The Labute approximate surface area is 820 Å². The molecule has 4 bridgehead atoms. The van der Waals surface area contributed by atoms with Crippen molar-refractivity contribution in [3.63, 3.8) is 0 Å². The Hall–Kier alpha value is -6.26. The molecule has 0 aromatic carbocycles. The van der Waals surface area contributed by atoms with Gasteiger partial charge in [-0.3, -0.25) is 28.8 Å². The first kappa shape index (κ1) is 119. The summed E-state index contributed by atoms with van der Waals surface area (Å²) in [7, 11) is -1.96. The predicted octanol–water partition coefficient (Wildman–Crippen LogP) is 10.5. The van der Waals surface area contributed by atoms with Crippen LogP contribution < -0.4 is 9.44 Å². The molecule has 2 aliphatic carbocycles. The second-order valence-corrected chi connectivity index (χ2v) is 45.1. The van der Waals surface area contributed by atoms with Crippen molar-refractivity contribution in [1.29, 1.82) is 0 Å². The van der Waals surface area contributed by atoms with Gasteiger partial charge in [0.25, 0.3) is 23.4 Å². The average molecular weight is 1990 g/mol. The molecule has 0 unspecified atom stereocenters. The molecule has 2 amide bonds. The number of carbonyl (C=O) groups is 8. The smallest absolute Gasteiger partial charge is 0.329 e. The average Bonchev–Trinajstić information content (AvgIpc) is 0.774. The number of hydrogen-bond donors (Lipinski definition) is 10. The number of amides is 2. The van der Waals surface area contributed by atoms with E-state index in [1.807, 2.05) is 91.8 Å².